The average molecular weight is 275 g/mol. The van der Waals surface area contributed by atoms with Gasteiger partial charge in [0.1, 0.15) is 0 Å². The molecule has 108 valence electrons. The zero-order chi connectivity index (χ0) is 15.1. The van der Waals surface area contributed by atoms with Crippen molar-refractivity contribution in [1.29, 1.82) is 0 Å². The summed E-state index contributed by atoms with van der Waals surface area (Å²) in [4.78, 5) is 22.6. The Labute approximate surface area is 119 Å². The summed E-state index contributed by atoms with van der Waals surface area (Å²) in [5.74, 6) is -1.11. The molecule has 1 aromatic carbocycles. The lowest BCUT2D eigenvalue weighted by atomic mass is 10.0. The van der Waals surface area contributed by atoms with Crippen molar-refractivity contribution in [2.24, 2.45) is 5.92 Å². The normalized spacial score (nSPS) is 12.6. The first kappa shape index (κ1) is 16.0. The molecule has 20 heavy (non-hydrogen) atoms. The SMILES string of the molecule is Cc1ccccc1/C=C/C(=O)NC(CC(=O)O)C(C)C. The molecule has 4 heteroatoms. The number of aliphatic carboxylic acids is 1. The van der Waals surface area contributed by atoms with Crippen LogP contribution in [0.3, 0.4) is 0 Å². The Morgan fingerprint density at radius 2 is 1.95 bits per heavy atom. The fourth-order valence-corrected chi connectivity index (χ4v) is 1.81. The number of carbonyl (C=O) groups is 2. The minimum absolute atomic E-state index is 0.0678. The highest BCUT2D eigenvalue weighted by atomic mass is 16.4. The van der Waals surface area contributed by atoms with Crippen LogP contribution in [0.2, 0.25) is 0 Å². The zero-order valence-corrected chi connectivity index (χ0v) is 12.1. The van der Waals surface area contributed by atoms with Crippen molar-refractivity contribution in [1.82, 2.24) is 5.32 Å². The van der Waals surface area contributed by atoms with Gasteiger partial charge < -0.3 is 10.4 Å². The second-order valence-electron chi connectivity index (χ2n) is 5.15. The molecule has 0 radical (unpaired) electrons. The summed E-state index contributed by atoms with van der Waals surface area (Å²) in [6.45, 7) is 5.75. The number of hydrogen-bond acceptors (Lipinski definition) is 2. The van der Waals surface area contributed by atoms with E-state index >= 15 is 0 Å². The first-order chi connectivity index (χ1) is 9.40. The molecule has 0 spiro atoms. The number of amides is 1. The molecule has 0 saturated heterocycles. The van der Waals surface area contributed by atoms with E-state index in [4.69, 9.17) is 5.11 Å². The maximum Gasteiger partial charge on any atom is 0.305 e. The molecule has 0 saturated carbocycles. The summed E-state index contributed by atoms with van der Waals surface area (Å²) in [5, 5.41) is 11.6. The number of rotatable bonds is 6. The molecule has 0 fully saturated rings. The van der Waals surface area contributed by atoms with E-state index in [1.165, 1.54) is 6.08 Å². The van der Waals surface area contributed by atoms with Gasteiger partial charge in [0.2, 0.25) is 5.91 Å². The highest BCUT2D eigenvalue weighted by Crippen LogP contribution is 2.09. The summed E-state index contributed by atoms with van der Waals surface area (Å²) in [7, 11) is 0. The summed E-state index contributed by atoms with van der Waals surface area (Å²) < 4.78 is 0. The van der Waals surface area contributed by atoms with Crippen LogP contribution in [-0.2, 0) is 9.59 Å². The van der Waals surface area contributed by atoms with Crippen molar-refractivity contribution in [3.63, 3.8) is 0 Å². The number of aryl methyl sites for hydroxylation is 1. The van der Waals surface area contributed by atoms with Crippen LogP contribution >= 0.6 is 0 Å². The molecular formula is C16H21NO3. The third-order valence-electron chi connectivity index (χ3n) is 3.13. The summed E-state index contributed by atoms with van der Waals surface area (Å²) >= 11 is 0. The van der Waals surface area contributed by atoms with E-state index in [0.717, 1.165) is 11.1 Å². The summed E-state index contributed by atoms with van der Waals surface area (Å²) in [6.07, 6.45) is 3.12. The maximum absolute atomic E-state index is 11.8. The van der Waals surface area contributed by atoms with Crippen molar-refractivity contribution in [3.05, 3.63) is 41.5 Å². The Balaban J connectivity index is 2.66. The first-order valence-corrected chi connectivity index (χ1v) is 6.66. The molecule has 0 aliphatic heterocycles. The molecule has 0 heterocycles. The van der Waals surface area contributed by atoms with Crippen molar-refractivity contribution >= 4 is 18.0 Å². The van der Waals surface area contributed by atoms with E-state index < -0.39 is 5.97 Å². The molecule has 1 unspecified atom stereocenters. The molecule has 1 aromatic rings. The van der Waals surface area contributed by atoms with Gasteiger partial charge in [-0.15, -0.1) is 0 Å². The predicted molar refractivity (Wildman–Crippen MR) is 79.2 cm³/mol. The van der Waals surface area contributed by atoms with Gasteiger partial charge in [-0.2, -0.15) is 0 Å². The van der Waals surface area contributed by atoms with Crippen LogP contribution in [0.25, 0.3) is 6.08 Å². The average Bonchev–Trinajstić information content (AvgIpc) is 2.36. The number of carbonyl (C=O) groups excluding carboxylic acids is 1. The molecule has 2 N–H and O–H groups in total. The third kappa shape index (κ3) is 5.26. The lowest BCUT2D eigenvalue weighted by Gasteiger charge is -2.19. The van der Waals surface area contributed by atoms with Crippen molar-refractivity contribution in [2.75, 3.05) is 0 Å². The lowest BCUT2D eigenvalue weighted by Crippen LogP contribution is -2.39. The monoisotopic (exact) mass is 275 g/mol. The second-order valence-corrected chi connectivity index (χ2v) is 5.15. The van der Waals surface area contributed by atoms with Gasteiger partial charge in [-0.1, -0.05) is 38.1 Å². The number of carboxylic acids is 1. The minimum atomic E-state index is -0.910. The molecule has 0 aliphatic rings. The Morgan fingerprint density at radius 3 is 2.50 bits per heavy atom. The van der Waals surface area contributed by atoms with E-state index in [1.54, 1.807) is 6.08 Å². The Bertz CT molecular complexity index is 506. The fraction of sp³-hybridized carbons (Fsp3) is 0.375. The van der Waals surface area contributed by atoms with Gasteiger partial charge in [-0.25, -0.2) is 0 Å². The quantitative estimate of drug-likeness (QED) is 0.784. The number of hydrogen-bond donors (Lipinski definition) is 2. The Kier molecular flexibility index (Phi) is 5.97. The molecule has 1 rings (SSSR count). The standard InChI is InChI=1S/C16H21NO3/c1-11(2)14(10-16(19)20)17-15(18)9-8-13-7-5-4-6-12(13)3/h4-9,11,14H,10H2,1-3H3,(H,17,18)(H,19,20)/b9-8+. The third-order valence-corrected chi connectivity index (χ3v) is 3.13. The van der Waals surface area contributed by atoms with Crippen LogP contribution in [0, 0.1) is 12.8 Å². The van der Waals surface area contributed by atoms with Gasteiger partial charge >= 0.3 is 5.97 Å². The molecule has 0 aliphatic carbocycles. The van der Waals surface area contributed by atoms with Gasteiger partial charge in [-0.3, -0.25) is 9.59 Å². The van der Waals surface area contributed by atoms with Crippen LogP contribution in [-0.4, -0.2) is 23.0 Å². The molecular weight excluding hydrogens is 254 g/mol. The van der Waals surface area contributed by atoms with Crippen molar-refractivity contribution < 1.29 is 14.7 Å². The molecule has 1 amide bonds. The van der Waals surface area contributed by atoms with Crippen LogP contribution in [0.4, 0.5) is 0 Å². The van der Waals surface area contributed by atoms with Gasteiger partial charge in [0.25, 0.3) is 0 Å². The number of carboxylic acid groups (broad SMARTS) is 1. The van der Waals surface area contributed by atoms with E-state index in [9.17, 15) is 9.59 Å². The van der Waals surface area contributed by atoms with E-state index in [0.29, 0.717) is 0 Å². The highest BCUT2D eigenvalue weighted by molar-refractivity contribution is 5.92. The van der Waals surface area contributed by atoms with Crippen LogP contribution < -0.4 is 5.32 Å². The Hall–Kier alpha value is -2.10. The van der Waals surface area contributed by atoms with E-state index in [-0.39, 0.29) is 24.3 Å². The van der Waals surface area contributed by atoms with Crippen LogP contribution in [0.15, 0.2) is 30.3 Å². The smallest absolute Gasteiger partial charge is 0.305 e. The van der Waals surface area contributed by atoms with Gasteiger partial charge in [0.15, 0.2) is 0 Å². The minimum Gasteiger partial charge on any atom is -0.481 e. The second kappa shape index (κ2) is 7.48. The number of nitrogens with one attached hydrogen (secondary N) is 1. The van der Waals surface area contributed by atoms with Gasteiger partial charge in [-0.05, 0) is 30.0 Å². The summed E-state index contributed by atoms with van der Waals surface area (Å²) in [5.41, 5.74) is 2.06. The molecule has 4 nitrogen and oxygen atoms in total. The van der Waals surface area contributed by atoms with E-state index in [1.807, 2.05) is 45.0 Å². The van der Waals surface area contributed by atoms with Gasteiger partial charge in [0, 0.05) is 12.1 Å². The lowest BCUT2D eigenvalue weighted by molar-refractivity contribution is -0.138. The topological polar surface area (TPSA) is 66.4 Å². The maximum atomic E-state index is 11.8. The van der Waals surface area contributed by atoms with Crippen molar-refractivity contribution in [2.45, 2.75) is 33.2 Å². The van der Waals surface area contributed by atoms with E-state index in [2.05, 4.69) is 5.32 Å². The van der Waals surface area contributed by atoms with Crippen LogP contribution in [0.5, 0.6) is 0 Å². The van der Waals surface area contributed by atoms with Crippen molar-refractivity contribution in [3.8, 4) is 0 Å². The highest BCUT2D eigenvalue weighted by Gasteiger charge is 2.18. The predicted octanol–water partition coefficient (Wildman–Crippen LogP) is 2.62. The Morgan fingerprint density at radius 1 is 1.30 bits per heavy atom. The zero-order valence-electron chi connectivity index (χ0n) is 12.1. The molecule has 1 atom stereocenters. The first-order valence-electron chi connectivity index (χ1n) is 6.66. The summed E-state index contributed by atoms with van der Waals surface area (Å²) in [6, 6.07) is 7.39. The van der Waals surface area contributed by atoms with Gasteiger partial charge in [0.05, 0.1) is 6.42 Å². The van der Waals surface area contributed by atoms with Crippen LogP contribution in [0.1, 0.15) is 31.4 Å². The number of benzene rings is 1. The molecule has 0 bridgehead atoms. The fourth-order valence-electron chi connectivity index (χ4n) is 1.81. The molecule has 0 aromatic heterocycles. The largest absolute Gasteiger partial charge is 0.481 e.